The number of nitrogens with zero attached hydrogens (tertiary/aromatic N) is 1. The van der Waals surface area contributed by atoms with Crippen LogP contribution in [0.25, 0.3) is 0 Å². The molecule has 1 aromatic rings. The molecule has 2 rings (SSSR count). The summed E-state index contributed by atoms with van der Waals surface area (Å²) in [5, 5.41) is 0. The molecule has 20 heavy (non-hydrogen) atoms. The van der Waals surface area contributed by atoms with E-state index >= 15 is 0 Å². The van der Waals surface area contributed by atoms with Crippen LogP contribution in [0.15, 0.2) is 28.7 Å². The van der Waals surface area contributed by atoms with Gasteiger partial charge in [-0.25, -0.2) is 0 Å². The highest BCUT2D eigenvalue weighted by molar-refractivity contribution is 9.10. The Kier molecular flexibility index (Phi) is 4.90. The summed E-state index contributed by atoms with van der Waals surface area (Å²) >= 11 is 3.49. The van der Waals surface area contributed by atoms with E-state index in [1.54, 1.807) is 0 Å². The third-order valence-electron chi connectivity index (χ3n) is 3.70. The molecule has 0 spiro atoms. The average molecular weight is 341 g/mol. The minimum atomic E-state index is -0.125. The molecule has 112 valence electrons. The molecule has 1 saturated heterocycles. The Hall–Kier alpha value is -0.420. The second-order valence-corrected chi connectivity index (χ2v) is 7.39. The van der Waals surface area contributed by atoms with Gasteiger partial charge in [0.2, 0.25) is 0 Å². The summed E-state index contributed by atoms with van der Waals surface area (Å²) in [6.45, 7) is 10.3. The molecule has 4 heteroatoms. The molecule has 1 aliphatic heterocycles. The van der Waals surface area contributed by atoms with Crippen molar-refractivity contribution in [2.24, 2.45) is 5.73 Å². The molecule has 1 aliphatic rings. The molecule has 0 aliphatic carbocycles. The van der Waals surface area contributed by atoms with Crippen LogP contribution in [0.1, 0.15) is 39.3 Å². The third-order valence-corrected chi connectivity index (χ3v) is 4.23. The van der Waals surface area contributed by atoms with Crippen LogP contribution < -0.4 is 5.73 Å². The van der Waals surface area contributed by atoms with Gasteiger partial charge in [0.1, 0.15) is 0 Å². The molecular weight excluding hydrogens is 316 g/mol. The van der Waals surface area contributed by atoms with E-state index in [2.05, 4.69) is 72.8 Å². The Labute approximate surface area is 130 Å². The highest BCUT2D eigenvalue weighted by atomic mass is 79.9. The molecule has 2 N–H and O–H groups in total. The normalized spacial score (nSPS) is 26.2. The Balaban J connectivity index is 2.26. The number of hydrogen-bond acceptors (Lipinski definition) is 3. The minimum absolute atomic E-state index is 0.0808. The molecule has 3 unspecified atom stereocenters. The maximum Gasteiger partial charge on any atom is 0.0757 e. The maximum atomic E-state index is 6.28. The lowest BCUT2D eigenvalue weighted by Crippen LogP contribution is -2.55. The average Bonchev–Trinajstić information content (AvgIpc) is 2.28. The van der Waals surface area contributed by atoms with E-state index in [0.29, 0.717) is 0 Å². The van der Waals surface area contributed by atoms with Crippen LogP contribution in [0.4, 0.5) is 0 Å². The highest BCUT2D eigenvalue weighted by Gasteiger charge is 2.36. The summed E-state index contributed by atoms with van der Waals surface area (Å²) < 4.78 is 7.10. The van der Waals surface area contributed by atoms with E-state index in [1.165, 1.54) is 5.56 Å². The Morgan fingerprint density at radius 2 is 1.95 bits per heavy atom. The van der Waals surface area contributed by atoms with Gasteiger partial charge in [0.25, 0.3) is 0 Å². The first kappa shape index (κ1) is 16.0. The van der Waals surface area contributed by atoms with Crippen molar-refractivity contribution >= 4 is 15.9 Å². The summed E-state index contributed by atoms with van der Waals surface area (Å²) in [5.41, 5.74) is 7.42. The summed E-state index contributed by atoms with van der Waals surface area (Å²) in [6.07, 6.45) is 0.232. The van der Waals surface area contributed by atoms with Crippen LogP contribution in [-0.4, -0.2) is 35.7 Å². The lowest BCUT2D eigenvalue weighted by Gasteiger charge is -2.46. The summed E-state index contributed by atoms with van der Waals surface area (Å²) in [7, 11) is 0. The van der Waals surface area contributed by atoms with Gasteiger partial charge in [-0.15, -0.1) is 0 Å². The van der Waals surface area contributed by atoms with Crippen LogP contribution in [0.3, 0.4) is 0 Å². The molecule has 0 amide bonds. The van der Waals surface area contributed by atoms with Crippen molar-refractivity contribution < 1.29 is 4.74 Å². The molecule has 3 nitrogen and oxygen atoms in total. The van der Waals surface area contributed by atoms with Crippen molar-refractivity contribution in [2.75, 3.05) is 13.1 Å². The van der Waals surface area contributed by atoms with E-state index in [9.17, 15) is 0 Å². The zero-order valence-corrected chi connectivity index (χ0v) is 14.4. The molecule has 0 aromatic heterocycles. The summed E-state index contributed by atoms with van der Waals surface area (Å²) in [4.78, 5) is 2.46. The van der Waals surface area contributed by atoms with Crippen molar-refractivity contribution in [3.8, 4) is 0 Å². The summed E-state index contributed by atoms with van der Waals surface area (Å²) in [5.74, 6) is 0. The summed E-state index contributed by atoms with van der Waals surface area (Å²) in [6, 6.07) is 8.79. The fourth-order valence-corrected chi connectivity index (χ4v) is 3.49. The predicted octanol–water partition coefficient (Wildman–Crippen LogP) is 3.34. The molecule has 1 aromatic carbocycles. The number of benzene rings is 1. The fourth-order valence-electron chi connectivity index (χ4n) is 3.22. The van der Waals surface area contributed by atoms with Gasteiger partial charge in [-0.1, -0.05) is 28.1 Å². The highest BCUT2D eigenvalue weighted by Crippen LogP contribution is 2.31. The molecule has 1 heterocycles. The molecule has 0 bridgehead atoms. The molecule has 0 radical (unpaired) electrons. The van der Waals surface area contributed by atoms with Crippen molar-refractivity contribution in [1.29, 1.82) is 0 Å². The third kappa shape index (κ3) is 3.82. The van der Waals surface area contributed by atoms with Crippen LogP contribution in [-0.2, 0) is 4.74 Å². The van der Waals surface area contributed by atoms with E-state index in [4.69, 9.17) is 10.5 Å². The lowest BCUT2D eigenvalue weighted by molar-refractivity contribution is -0.139. The topological polar surface area (TPSA) is 38.5 Å². The Morgan fingerprint density at radius 1 is 1.35 bits per heavy atom. The second-order valence-electron chi connectivity index (χ2n) is 6.47. The Morgan fingerprint density at radius 3 is 2.45 bits per heavy atom. The van der Waals surface area contributed by atoms with Crippen molar-refractivity contribution in [3.63, 3.8) is 0 Å². The first-order valence-electron chi connectivity index (χ1n) is 7.21. The van der Waals surface area contributed by atoms with Gasteiger partial charge in [-0.3, -0.25) is 4.90 Å². The van der Waals surface area contributed by atoms with Crippen molar-refractivity contribution in [1.82, 2.24) is 4.90 Å². The van der Waals surface area contributed by atoms with Gasteiger partial charge in [-0.05, 0) is 45.4 Å². The van der Waals surface area contributed by atoms with E-state index in [1.807, 2.05) is 0 Å². The van der Waals surface area contributed by atoms with Crippen LogP contribution in [0, 0.1) is 0 Å². The fraction of sp³-hybridized carbons (Fsp3) is 0.625. The molecule has 3 atom stereocenters. The second kappa shape index (κ2) is 6.14. The van der Waals surface area contributed by atoms with Crippen LogP contribution >= 0.6 is 15.9 Å². The SMILES string of the molecule is CC1CN(C(c2ccc(Br)cc2)C(C)N)CC(C)(C)O1. The van der Waals surface area contributed by atoms with E-state index < -0.39 is 0 Å². The number of hydrogen-bond donors (Lipinski definition) is 1. The van der Waals surface area contributed by atoms with Crippen molar-refractivity contribution in [3.05, 3.63) is 34.3 Å². The van der Waals surface area contributed by atoms with Gasteiger partial charge in [0, 0.05) is 29.6 Å². The quantitative estimate of drug-likeness (QED) is 0.916. The lowest BCUT2D eigenvalue weighted by atomic mass is 9.95. The molecular formula is C16H25BrN2O. The van der Waals surface area contributed by atoms with Gasteiger partial charge >= 0.3 is 0 Å². The van der Waals surface area contributed by atoms with Gasteiger partial charge in [-0.2, -0.15) is 0 Å². The number of ether oxygens (including phenoxy) is 1. The van der Waals surface area contributed by atoms with Gasteiger partial charge in [0.15, 0.2) is 0 Å². The van der Waals surface area contributed by atoms with Gasteiger partial charge in [0.05, 0.1) is 11.7 Å². The van der Waals surface area contributed by atoms with Crippen LogP contribution in [0.5, 0.6) is 0 Å². The zero-order valence-electron chi connectivity index (χ0n) is 12.8. The zero-order chi connectivity index (χ0) is 14.9. The maximum absolute atomic E-state index is 6.28. The molecule has 0 saturated carbocycles. The largest absolute Gasteiger partial charge is 0.370 e. The van der Waals surface area contributed by atoms with Gasteiger partial charge < -0.3 is 10.5 Å². The first-order chi connectivity index (χ1) is 9.28. The minimum Gasteiger partial charge on any atom is -0.370 e. The smallest absolute Gasteiger partial charge is 0.0757 e. The number of rotatable bonds is 3. The van der Waals surface area contributed by atoms with Crippen molar-refractivity contribution in [2.45, 2.75) is 51.5 Å². The van der Waals surface area contributed by atoms with E-state index in [0.717, 1.165) is 17.6 Å². The predicted molar refractivity (Wildman–Crippen MR) is 86.7 cm³/mol. The standard InChI is InChI=1S/C16H25BrN2O/c1-11-9-19(10-16(3,4)20-11)15(12(2)18)13-5-7-14(17)8-6-13/h5-8,11-12,15H,9-10,18H2,1-4H3. The van der Waals surface area contributed by atoms with E-state index in [-0.39, 0.29) is 23.8 Å². The first-order valence-corrected chi connectivity index (χ1v) is 8.01. The molecule has 1 fully saturated rings. The van der Waals surface area contributed by atoms with Crippen LogP contribution in [0.2, 0.25) is 0 Å². The number of nitrogens with two attached hydrogens (primary N) is 1. The Bertz CT molecular complexity index is 444. The monoisotopic (exact) mass is 340 g/mol. The number of halogens is 1. The number of morpholine rings is 1.